The van der Waals surface area contributed by atoms with E-state index in [4.69, 9.17) is 0 Å². The summed E-state index contributed by atoms with van der Waals surface area (Å²) in [5.41, 5.74) is 0.991. The van der Waals surface area contributed by atoms with Gasteiger partial charge in [-0.1, -0.05) is 0 Å². The minimum absolute atomic E-state index is 0. The maximum atomic E-state index is 11.0. The maximum absolute atomic E-state index is 11.0. The molecule has 1 aliphatic carbocycles. The van der Waals surface area contributed by atoms with E-state index in [9.17, 15) is 4.79 Å². The van der Waals surface area contributed by atoms with E-state index in [-0.39, 0.29) is 12.4 Å². The summed E-state index contributed by atoms with van der Waals surface area (Å²) in [4.78, 5) is 12.9. The molecule has 3 heteroatoms. The third-order valence-corrected chi connectivity index (χ3v) is 1.62. The molecule has 1 rings (SSSR count). The molecular weight excluding hydrogens is 162 g/mol. The molecule has 1 fully saturated rings. The van der Waals surface area contributed by atoms with Crippen LogP contribution in [0.2, 0.25) is 0 Å². The smallest absolute Gasteiger partial charge is 0.160 e. The number of carbonyl (C=O) groups is 1. The molecule has 0 spiro atoms. The molecule has 0 aromatic carbocycles. The zero-order valence-corrected chi connectivity index (χ0v) is 7.78. The molecule has 0 aromatic rings. The Balaban J connectivity index is 0.000001000. The molecule has 1 aliphatic rings. The summed E-state index contributed by atoms with van der Waals surface area (Å²) in [5.74, 6) is 0.328. The molecule has 11 heavy (non-hydrogen) atoms. The summed E-state index contributed by atoms with van der Waals surface area (Å²) in [6.45, 7) is 0. The van der Waals surface area contributed by atoms with Crippen molar-refractivity contribution in [3.8, 4) is 0 Å². The minimum atomic E-state index is 0. The lowest BCUT2D eigenvalue weighted by Crippen LogP contribution is -2.04. The van der Waals surface area contributed by atoms with E-state index in [2.05, 4.69) is 0 Å². The fourth-order valence-corrected chi connectivity index (χ4v) is 1.19. The fourth-order valence-electron chi connectivity index (χ4n) is 1.19. The fraction of sp³-hybridized carbons (Fsp3) is 0.625. The van der Waals surface area contributed by atoms with Crippen LogP contribution in [0.1, 0.15) is 19.3 Å². The van der Waals surface area contributed by atoms with Gasteiger partial charge in [-0.15, -0.1) is 12.4 Å². The Labute approximate surface area is 73.7 Å². The predicted octanol–water partition coefficient (Wildman–Crippen LogP) is 1.61. The van der Waals surface area contributed by atoms with Gasteiger partial charge in [0.25, 0.3) is 0 Å². The number of nitrogens with zero attached hydrogens (tertiary/aromatic N) is 1. The third-order valence-electron chi connectivity index (χ3n) is 1.62. The van der Waals surface area contributed by atoms with Crippen molar-refractivity contribution in [3.63, 3.8) is 0 Å². The number of halogens is 1. The molecule has 0 N–H and O–H groups in total. The lowest BCUT2D eigenvalue weighted by molar-refractivity contribution is -0.114. The van der Waals surface area contributed by atoms with Gasteiger partial charge in [-0.2, -0.15) is 0 Å². The van der Waals surface area contributed by atoms with Crippen LogP contribution in [0.3, 0.4) is 0 Å². The van der Waals surface area contributed by atoms with Gasteiger partial charge in [0.15, 0.2) is 5.78 Å². The Morgan fingerprint density at radius 1 is 1.36 bits per heavy atom. The number of hydrogen-bond acceptors (Lipinski definition) is 2. The summed E-state index contributed by atoms with van der Waals surface area (Å²) in [6, 6.07) is 0. The van der Waals surface area contributed by atoms with Gasteiger partial charge < -0.3 is 4.90 Å². The number of rotatable bonds is 1. The highest BCUT2D eigenvalue weighted by Crippen LogP contribution is 2.19. The van der Waals surface area contributed by atoms with Gasteiger partial charge in [0.1, 0.15) is 0 Å². The zero-order chi connectivity index (χ0) is 7.56. The van der Waals surface area contributed by atoms with Crippen LogP contribution in [0.15, 0.2) is 11.8 Å². The molecule has 0 heterocycles. The average Bonchev–Trinajstić information content (AvgIpc) is 2.15. The second-order valence-corrected chi connectivity index (χ2v) is 2.89. The zero-order valence-electron chi connectivity index (χ0n) is 6.96. The van der Waals surface area contributed by atoms with Crippen molar-refractivity contribution < 1.29 is 4.79 Å². The standard InChI is InChI=1S/C8H13NO.ClH/c1-9(2)6-7-4-3-5-8(7)10;/h6H,3-5H2,1-2H3;1H/b7-6-;. The molecule has 0 aromatic heterocycles. The number of carbonyl (C=O) groups excluding carboxylic acids is 1. The second-order valence-electron chi connectivity index (χ2n) is 2.89. The van der Waals surface area contributed by atoms with Crippen molar-refractivity contribution in [2.45, 2.75) is 19.3 Å². The Hall–Kier alpha value is -0.500. The van der Waals surface area contributed by atoms with Crippen LogP contribution in [0.4, 0.5) is 0 Å². The highest BCUT2D eigenvalue weighted by molar-refractivity contribution is 5.97. The van der Waals surface area contributed by atoms with Gasteiger partial charge in [-0.05, 0) is 12.8 Å². The molecule has 0 atom stereocenters. The quantitative estimate of drug-likeness (QED) is 0.565. The molecule has 2 nitrogen and oxygen atoms in total. The first kappa shape index (κ1) is 10.5. The number of allylic oxidation sites excluding steroid dienone is 1. The Kier molecular flexibility index (Phi) is 4.19. The first-order valence-corrected chi connectivity index (χ1v) is 3.60. The summed E-state index contributed by atoms with van der Waals surface area (Å²) in [5, 5.41) is 0. The van der Waals surface area contributed by atoms with Crippen LogP contribution >= 0.6 is 12.4 Å². The Bertz CT molecular complexity index is 175. The van der Waals surface area contributed by atoms with Crippen molar-refractivity contribution >= 4 is 18.2 Å². The first-order valence-electron chi connectivity index (χ1n) is 3.60. The summed E-state index contributed by atoms with van der Waals surface area (Å²) >= 11 is 0. The topological polar surface area (TPSA) is 20.3 Å². The second kappa shape index (κ2) is 4.39. The van der Waals surface area contributed by atoms with Crippen LogP contribution in [0.25, 0.3) is 0 Å². The summed E-state index contributed by atoms with van der Waals surface area (Å²) in [6.07, 6.45) is 4.69. The van der Waals surface area contributed by atoms with E-state index < -0.39 is 0 Å². The summed E-state index contributed by atoms with van der Waals surface area (Å²) < 4.78 is 0. The Morgan fingerprint density at radius 3 is 2.36 bits per heavy atom. The van der Waals surface area contributed by atoms with E-state index in [1.807, 2.05) is 25.2 Å². The highest BCUT2D eigenvalue weighted by atomic mass is 35.5. The van der Waals surface area contributed by atoms with Crippen LogP contribution in [-0.4, -0.2) is 24.8 Å². The van der Waals surface area contributed by atoms with Gasteiger partial charge >= 0.3 is 0 Å². The molecular formula is C8H14ClNO. The number of hydrogen-bond donors (Lipinski definition) is 0. The lowest BCUT2D eigenvalue weighted by Gasteiger charge is -2.04. The number of Topliss-reactive ketones (excluding diaryl/α,β-unsaturated/α-hetero) is 1. The average molecular weight is 176 g/mol. The van der Waals surface area contributed by atoms with E-state index in [0.717, 1.165) is 24.8 Å². The lowest BCUT2D eigenvalue weighted by atomic mass is 10.2. The molecule has 0 unspecified atom stereocenters. The molecule has 0 saturated heterocycles. The van der Waals surface area contributed by atoms with Gasteiger partial charge in [-0.25, -0.2) is 0 Å². The van der Waals surface area contributed by atoms with Gasteiger partial charge in [-0.3, -0.25) is 4.79 Å². The van der Waals surface area contributed by atoms with Crippen molar-refractivity contribution in [3.05, 3.63) is 11.8 Å². The van der Waals surface area contributed by atoms with Crippen molar-refractivity contribution in [2.75, 3.05) is 14.1 Å². The van der Waals surface area contributed by atoms with Crippen molar-refractivity contribution in [1.82, 2.24) is 4.90 Å². The van der Waals surface area contributed by atoms with Gasteiger partial charge in [0.05, 0.1) is 0 Å². The third kappa shape index (κ3) is 2.93. The molecule has 1 saturated carbocycles. The monoisotopic (exact) mass is 175 g/mol. The SMILES string of the molecule is CN(C)/C=C1/CCCC1=O.Cl. The van der Waals surface area contributed by atoms with E-state index in [1.54, 1.807) is 0 Å². The van der Waals surface area contributed by atoms with Crippen LogP contribution in [0.5, 0.6) is 0 Å². The Morgan fingerprint density at radius 2 is 2.00 bits per heavy atom. The van der Waals surface area contributed by atoms with E-state index in [0.29, 0.717) is 5.78 Å². The van der Waals surface area contributed by atoms with Gasteiger partial charge in [0.2, 0.25) is 0 Å². The first-order chi connectivity index (χ1) is 4.70. The van der Waals surface area contributed by atoms with Crippen molar-refractivity contribution in [1.29, 1.82) is 0 Å². The molecule has 64 valence electrons. The normalized spacial score (nSPS) is 20.2. The highest BCUT2D eigenvalue weighted by Gasteiger charge is 2.16. The largest absolute Gasteiger partial charge is 0.383 e. The minimum Gasteiger partial charge on any atom is -0.383 e. The molecule has 0 bridgehead atoms. The van der Waals surface area contributed by atoms with Gasteiger partial charge in [0, 0.05) is 32.3 Å². The van der Waals surface area contributed by atoms with Crippen LogP contribution in [-0.2, 0) is 4.79 Å². The molecule has 0 radical (unpaired) electrons. The molecule has 0 aliphatic heterocycles. The van der Waals surface area contributed by atoms with Crippen LogP contribution < -0.4 is 0 Å². The predicted molar refractivity (Wildman–Crippen MR) is 47.9 cm³/mol. The summed E-state index contributed by atoms with van der Waals surface area (Å²) in [7, 11) is 3.89. The van der Waals surface area contributed by atoms with E-state index in [1.165, 1.54) is 0 Å². The number of ketones is 1. The van der Waals surface area contributed by atoms with E-state index >= 15 is 0 Å². The van der Waals surface area contributed by atoms with Crippen LogP contribution in [0, 0.1) is 0 Å². The van der Waals surface area contributed by atoms with Crippen molar-refractivity contribution in [2.24, 2.45) is 0 Å². The maximum Gasteiger partial charge on any atom is 0.160 e. The molecule has 0 amide bonds.